The van der Waals surface area contributed by atoms with Gasteiger partial charge in [-0.15, -0.1) is 20.5 Å². The van der Waals surface area contributed by atoms with Crippen LogP contribution in [0, 0.1) is 20.5 Å². The Bertz CT molecular complexity index is 2020. The van der Waals surface area contributed by atoms with E-state index >= 15 is 0 Å². The Balaban J connectivity index is 0.000000692. The van der Waals surface area contributed by atoms with Crippen molar-refractivity contribution in [1.29, 1.82) is 0 Å². The first-order valence-electron chi connectivity index (χ1n) is 14.5. The van der Waals surface area contributed by atoms with Crippen LogP contribution in [0.5, 0.6) is 0 Å². The first kappa shape index (κ1) is 50.0. The molecule has 19 nitrogen and oxygen atoms in total. The predicted octanol–water partition coefficient (Wildman–Crippen LogP) is -5.15. The number of halogens is 2. The van der Waals surface area contributed by atoms with Gasteiger partial charge in [-0.05, 0) is 50.2 Å². The number of aromatic nitrogens is 5. The van der Waals surface area contributed by atoms with Crippen LogP contribution in [0.2, 0.25) is 0 Å². The minimum absolute atomic E-state index is 0. The van der Waals surface area contributed by atoms with Crippen LogP contribution in [-0.4, -0.2) is 47.3 Å². The smallest absolute Gasteiger partial charge is 0.412 e. The van der Waals surface area contributed by atoms with Crippen molar-refractivity contribution < 1.29 is 88.2 Å². The van der Waals surface area contributed by atoms with Crippen LogP contribution in [0.4, 0.5) is 0 Å². The monoisotopic (exact) mass is 887 g/mol. The summed E-state index contributed by atoms with van der Waals surface area (Å²) in [6.45, 7) is 3.59. The van der Waals surface area contributed by atoms with E-state index in [1.807, 2.05) is 42.5 Å². The molecule has 7 rings (SSSR count). The Hall–Kier alpha value is -5.03. The molecule has 7 aromatic rings. The predicted molar refractivity (Wildman–Crippen MR) is 178 cm³/mol. The van der Waals surface area contributed by atoms with Crippen LogP contribution in [0.15, 0.2) is 126 Å². The molecular weight excluding hydrogens is 854 g/mol. The van der Waals surface area contributed by atoms with E-state index in [4.69, 9.17) is 49.0 Å². The summed E-state index contributed by atoms with van der Waals surface area (Å²) >= 11 is 0. The molecule has 8 N–H and O–H groups in total. The number of nitrogens with two attached hydrogens (primary N) is 2. The van der Waals surface area contributed by atoms with Crippen LogP contribution in [0.1, 0.15) is 25.2 Å². The number of rotatable bonds is 2. The van der Waals surface area contributed by atoms with Gasteiger partial charge < -0.3 is 22.6 Å². The molecule has 5 heterocycles. The van der Waals surface area contributed by atoms with Crippen molar-refractivity contribution in [2.45, 2.75) is 13.8 Å². The molecule has 0 saturated carbocycles. The van der Waals surface area contributed by atoms with E-state index in [1.54, 1.807) is 38.6 Å². The number of hydrogen-bond donors (Lipinski definition) is 2. The zero-order chi connectivity index (χ0) is 38.3. The van der Waals surface area contributed by atoms with Crippen molar-refractivity contribution in [3.8, 4) is 0 Å². The Morgan fingerprint density at radius 2 is 0.691 bits per heavy atom. The van der Waals surface area contributed by atoms with E-state index in [0.717, 1.165) is 55.0 Å². The maximum absolute atomic E-state index is 8.49. The number of hydrogen-bond acceptors (Lipinski definition) is 17. The van der Waals surface area contributed by atoms with Gasteiger partial charge in [-0.25, -0.2) is 42.3 Å². The van der Waals surface area contributed by atoms with Crippen LogP contribution in [-0.2, 0) is 19.5 Å². The molecule has 5 aromatic heterocycles. The van der Waals surface area contributed by atoms with E-state index in [9.17, 15) is 0 Å². The molecule has 0 spiro atoms. The molecule has 0 aliphatic heterocycles. The first-order chi connectivity index (χ1) is 24.6. The molecule has 55 heavy (non-hydrogen) atoms. The van der Waals surface area contributed by atoms with Gasteiger partial charge in [-0.2, -0.15) is 10.2 Å². The van der Waals surface area contributed by atoms with E-state index in [0.29, 0.717) is 11.4 Å². The molecule has 292 valence electrons. The van der Waals surface area contributed by atoms with Gasteiger partial charge in [0.25, 0.3) is 0 Å². The van der Waals surface area contributed by atoms with Crippen molar-refractivity contribution in [1.82, 2.24) is 24.9 Å². The fraction of sp³-hybridized carbons (Fsp3) is 0.0606. The molecule has 0 saturated heterocycles. The zero-order valence-corrected chi connectivity index (χ0v) is 31.9. The number of nitrogens with zero attached hydrogens (tertiary/aromatic N) is 7. The quantitative estimate of drug-likeness (QED) is 0.0539. The summed E-state index contributed by atoms with van der Waals surface area (Å²) in [5, 5.41) is 11.7. The van der Waals surface area contributed by atoms with Gasteiger partial charge in [0.2, 0.25) is 0 Å². The Morgan fingerprint density at radius 3 is 0.909 bits per heavy atom. The molecule has 0 aliphatic carbocycles. The summed E-state index contributed by atoms with van der Waals surface area (Å²) in [6.07, 6.45) is 7.21. The van der Waals surface area contributed by atoms with Gasteiger partial charge >= 0.3 is 19.5 Å². The standard InChI is InChI=1S/2C12H8N2.C9H13N5.2ClHO4.2H2O.Ru/c2*1-3-9-5-6-10-4-2-8-14-12(10)11(9)13-7-1;1-6(13-10)8-4-3-5-9(12-8)7(2)14-11;2*2-1(3,4)5;;;/h2*1-8H;3-5H,10-11H2,1-2H3;2*(H,2,3,4,5);2*1H2;/q;;;;;;;+2/p-2/b;;13-6+,14-7+;;;;;. The van der Waals surface area contributed by atoms with E-state index in [2.05, 4.69) is 83.7 Å². The minimum atomic E-state index is -4.94. The molecule has 22 heteroatoms. The maximum Gasteiger partial charge on any atom is 2.00 e. The largest absolute Gasteiger partial charge is 2.00 e. The second kappa shape index (κ2) is 23.7. The molecule has 0 atom stereocenters. The Kier molecular flexibility index (Phi) is 21.5. The third kappa shape index (κ3) is 17.3. The number of benzene rings is 2. The average Bonchev–Trinajstić information content (AvgIpc) is 3.13. The van der Waals surface area contributed by atoms with Crippen molar-refractivity contribution >= 4 is 55.0 Å². The molecule has 0 radical (unpaired) electrons. The number of hydrazone groups is 2. The first-order valence-corrected chi connectivity index (χ1v) is 16.9. The summed E-state index contributed by atoms with van der Waals surface area (Å²) < 4.78 is 67.9. The van der Waals surface area contributed by atoms with Gasteiger partial charge in [0.05, 0.1) is 44.9 Å². The van der Waals surface area contributed by atoms with Gasteiger partial charge in [0.15, 0.2) is 0 Å². The normalized spacial score (nSPS) is 11.0. The molecule has 0 bridgehead atoms. The molecule has 2 aromatic carbocycles. The summed E-state index contributed by atoms with van der Waals surface area (Å²) in [5.74, 6) is 10.3. The number of pyridine rings is 5. The Morgan fingerprint density at radius 1 is 0.455 bits per heavy atom. The molecular formula is C33H33Cl2N9O10Ru. The second-order valence-electron chi connectivity index (χ2n) is 10.0. The molecule has 0 unspecified atom stereocenters. The zero-order valence-electron chi connectivity index (χ0n) is 28.6. The fourth-order valence-corrected chi connectivity index (χ4v) is 4.33. The van der Waals surface area contributed by atoms with Gasteiger partial charge in [0.1, 0.15) is 0 Å². The van der Waals surface area contributed by atoms with Gasteiger partial charge in [0, 0.05) is 46.3 Å². The molecule has 0 fully saturated rings. The van der Waals surface area contributed by atoms with Gasteiger partial charge in [-0.3, -0.25) is 19.9 Å². The van der Waals surface area contributed by atoms with E-state index in [-0.39, 0.29) is 30.4 Å². The third-order valence-electron chi connectivity index (χ3n) is 6.57. The molecule has 0 amide bonds. The van der Waals surface area contributed by atoms with Crippen LogP contribution in [0.3, 0.4) is 0 Å². The summed E-state index contributed by atoms with van der Waals surface area (Å²) in [7, 11) is -9.89. The van der Waals surface area contributed by atoms with Crippen molar-refractivity contribution in [2.75, 3.05) is 0 Å². The fourth-order valence-electron chi connectivity index (χ4n) is 4.33. The van der Waals surface area contributed by atoms with E-state index < -0.39 is 20.5 Å². The summed E-state index contributed by atoms with van der Waals surface area (Å²) in [5.41, 5.74) is 6.72. The molecule has 0 aliphatic rings. The van der Waals surface area contributed by atoms with Crippen LogP contribution in [0.25, 0.3) is 43.6 Å². The topological polar surface area (TPSA) is 389 Å². The van der Waals surface area contributed by atoms with Crippen molar-refractivity contribution in [3.05, 3.63) is 127 Å². The summed E-state index contributed by atoms with van der Waals surface area (Å²) in [6, 6.07) is 29.8. The maximum atomic E-state index is 8.49. The van der Waals surface area contributed by atoms with Crippen molar-refractivity contribution in [3.63, 3.8) is 0 Å². The van der Waals surface area contributed by atoms with Crippen molar-refractivity contribution in [2.24, 2.45) is 21.9 Å². The van der Waals surface area contributed by atoms with E-state index in [1.165, 1.54) is 0 Å². The summed E-state index contributed by atoms with van der Waals surface area (Å²) in [4.78, 5) is 21.7. The van der Waals surface area contributed by atoms with Crippen LogP contribution >= 0.6 is 0 Å². The Labute approximate surface area is 329 Å². The SMILES string of the molecule is C/C(=N\N)c1cccc(/C(C)=N/N)n1.O.O.[O-][Cl+3]([O-])([O-])[O-].[O-][Cl+3]([O-])([O-])[O-].[Ru+2].c1cnc2c(c1)ccc1cccnc12.c1cnc2c(c1)ccc1cccnc12. The third-order valence-corrected chi connectivity index (χ3v) is 6.57. The van der Waals surface area contributed by atoms with Crippen LogP contribution < -0.4 is 49.0 Å². The van der Waals surface area contributed by atoms with Gasteiger partial charge in [-0.1, -0.05) is 54.6 Å². The average molecular weight is 888 g/mol. The minimum Gasteiger partial charge on any atom is -0.412 e. The second-order valence-corrected chi connectivity index (χ2v) is 11.5. The number of fused-ring (bicyclic) bond motifs is 6.